The molecule has 0 saturated carbocycles. The van der Waals surface area contributed by atoms with Gasteiger partial charge in [0.2, 0.25) is 0 Å². The summed E-state index contributed by atoms with van der Waals surface area (Å²) < 4.78 is 0. The molecule has 0 aliphatic carbocycles. The molecule has 0 aromatic heterocycles. The minimum absolute atomic E-state index is 0.231. The minimum Gasteiger partial charge on any atom is -0.399 e. The van der Waals surface area contributed by atoms with Crippen molar-refractivity contribution in [3.05, 3.63) is 27.7 Å². The molecule has 1 aromatic carbocycles. The first-order valence-corrected chi connectivity index (χ1v) is 6.84. The number of amides is 1. The fraction of sp³-hybridized carbons (Fsp3) is 0.462. The van der Waals surface area contributed by atoms with Crippen molar-refractivity contribution in [2.75, 3.05) is 12.3 Å². The summed E-state index contributed by atoms with van der Waals surface area (Å²) in [6.07, 6.45) is 4.43. The molecule has 0 heterocycles. The molecule has 1 aromatic rings. The van der Waals surface area contributed by atoms with Gasteiger partial charge in [0.05, 0.1) is 15.6 Å². The molecule has 0 saturated heterocycles. The number of halogens is 2. The van der Waals surface area contributed by atoms with E-state index in [0.29, 0.717) is 22.8 Å². The standard InChI is InChI=1S/C13H18Cl2N2O/c1-2-3-4-5-6-17-13(18)10-7-9(16)8-11(14)12(10)15/h7-8H,2-6,16H2,1H3,(H,17,18). The van der Waals surface area contributed by atoms with Crippen molar-refractivity contribution in [2.24, 2.45) is 0 Å². The van der Waals surface area contributed by atoms with Crippen LogP contribution >= 0.6 is 23.2 Å². The number of rotatable bonds is 6. The van der Waals surface area contributed by atoms with Gasteiger partial charge in [-0.1, -0.05) is 49.4 Å². The van der Waals surface area contributed by atoms with Crippen LogP contribution in [0.1, 0.15) is 43.0 Å². The molecular formula is C13H18Cl2N2O. The quantitative estimate of drug-likeness (QED) is 0.616. The molecule has 3 nitrogen and oxygen atoms in total. The molecule has 1 rings (SSSR count). The molecule has 100 valence electrons. The second-order valence-corrected chi connectivity index (χ2v) is 4.97. The van der Waals surface area contributed by atoms with Crippen molar-refractivity contribution < 1.29 is 4.79 Å². The van der Waals surface area contributed by atoms with Crippen LogP contribution in [0, 0.1) is 0 Å². The zero-order valence-corrected chi connectivity index (χ0v) is 11.9. The minimum atomic E-state index is -0.231. The van der Waals surface area contributed by atoms with Crippen LogP contribution in [0.5, 0.6) is 0 Å². The van der Waals surface area contributed by atoms with E-state index < -0.39 is 0 Å². The predicted molar refractivity (Wildman–Crippen MR) is 77.3 cm³/mol. The molecule has 0 aliphatic heterocycles. The van der Waals surface area contributed by atoms with Gasteiger partial charge in [0.25, 0.3) is 5.91 Å². The SMILES string of the molecule is CCCCCCNC(=O)c1cc(N)cc(Cl)c1Cl. The zero-order valence-electron chi connectivity index (χ0n) is 10.4. The van der Waals surface area contributed by atoms with Crippen LogP contribution in [-0.2, 0) is 0 Å². The van der Waals surface area contributed by atoms with E-state index in [1.807, 2.05) is 0 Å². The predicted octanol–water partition coefficient (Wildman–Crippen LogP) is 3.89. The van der Waals surface area contributed by atoms with Crippen molar-refractivity contribution in [2.45, 2.75) is 32.6 Å². The number of unbranched alkanes of at least 4 members (excludes halogenated alkanes) is 3. The molecule has 5 heteroatoms. The fourth-order valence-electron chi connectivity index (χ4n) is 1.62. The van der Waals surface area contributed by atoms with Crippen LogP contribution in [-0.4, -0.2) is 12.5 Å². The second kappa shape index (κ2) is 7.49. The molecule has 0 spiro atoms. The normalized spacial score (nSPS) is 10.4. The van der Waals surface area contributed by atoms with Crippen molar-refractivity contribution in [3.8, 4) is 0 Å². The monoisotopic (exact) mass is 288 g/mol. The summed E-state index contributed by atoms with van der Waals surface area (Å²) in [6.45, 7) is 2.79. The summed E-state index contributed by atoms with van der Waals surface area (Å²) >= 11 is 11.8. The van der Waals surface area contributed by atoms with Crippen LogP contribution < -0.4 is 11.1 Å². The number of anilines is 1. The fourth-order valence-corrected chi connectivity index (χ4v) is 2.05. The highest BCUT2D eigenvalue weighted by atomic mass is 35.5. The number of nitrogens with one attached hydrogen (secondary N) is 1. The van der Waals surface area contributed by atoms with Gasteiger partial charge in [0.1, 0.15) is 0 Å². The number of hydrogen-bond donors (Lipinski definition) is 2. The highest BCUT2D eigenvalue weighted by Crippen LogP contribution is 2.28. The van der Waals surface area contributed by atoms with Crippen molar-refractivity contribution in [3.63, 3.8) is 0 Å². The molecule has 1 amide bonds. The van der Waals surface area contributed by atoms with E-state index in [4.69, 9.17) is 28.9 Å². The Hall–Kier alpha value is -0.930. The Morgan fingerprint density at radius 2 is 2.00 bits per heavy atom. The molecule has 18 heavy (non-hydrogen) atoms. The van der Waals surface area contributed by atoms with Gasteiger partial charge in [-0.3, -0.25) is 4.79 Å². The average Bonchev–Trinajstić information content (AvgIpc) is 2.33. The van der Waals surface area contributed by atoms with Gasteiger partial charge in [-0.25, -0.2) is 0 Å². The Bertz CT molecular complexity index is 422. The van der Waals surface area contributed by atoms with E-state index in [9.17, 15) is 4.79 Å². The summed E-state index contributed by atoms with van der Waals surface area (Å²) in [5, 5.41) is 3.36. The van der Waals surface area contributed by atoms with Crippen molar-refractivity contribution >= 4 is 34.8 Å². The topological polar surface area (TPSA) is 55.1 Å². The number of hydrogen-bond acceptors (Lipinski definition) is 2. The zero-order chi connectivity index (χ0) is 13.5. The summed E-state index contributed by atoms with van der Waals surface area (Å²) in [7, 11) is 0. The Labute approximate surface area is 118 Å². The Kier molecular flexibility index (Phi) is 6.30. The number of carbonyl (C=O) groups is 1. The first kappa shape index (κ1) is 15.1. The van der Waals surface area contributed by atoms with Crippen LogP contribution in [0.15, 0.2) is 12.1 Å². The Morgan fingerprint density at radius 3 is 2.67 bits per heavy atom. The molecular weight excluding hydrogens is 271 g/mol. The summed E-state index contributed by atoms with van der Waals surface area (Å²) in [5.41, 5.74) is 6.40. The first-order valence-electron chi connectivity index (χ1n) is 6.09. The lowest BCUT2D eigenvalue weighted by atomic mass is 10.1. The van der Waals surface area contributed by atoms with E-state index >= 15 is 0 Å². The molecule has 0 unspecified atom stereocenters. The van der Waals surface area contributed by atoms with Gasteiger partial charge in [-0.15, -0.1) is 0 Å². The maximum absolute atomic E-state index is 11.9. The Morgan fingerprint density at radius 1 is 1.28 bits per heavy atom. The van der Waals surface area contributed by atoms with E-state index in [-0.39, 0.29) is 10.9 Å². The third-order valence-electron chi connectivity index (χ3n) is 2.61. The number of nitrogens with two attached hydrogens (primary N) is 1. The smallest absolute Gasteiger partial charge is 0.252 e. The van der Waals surface area contributed by atoms with Gasteiger partial charge in [0.15, 0.2) is 0 Å². The van der Waals surface area contributed by atoms with Crippen molar-refractivity contribution in [1.29, 1.82) is 0 Å². The Balaban J connectivity index is 2.56. The highest BCUT2D eigenvalue weighted by molar-refractivity contribution is 6.44. The first-order chi connectivity index (χ1) is 8.56. The van der Waals surface area contributed by atoms with Gasteiger partial charge in [-0.05, 0) is 18.6 Å². The maximum Gasteiger partial charge on any atom is 0.252 e. The lowest BCUT2D eigenvalue weighted by Gasteiger charge is -2.08. The molecule has 0 radical (unpaired) electrons. The summed E-state index contributed by atoms with van der Waals surface area (Å²) in [5.74, 6) is -0.231. The van der Waals surface area contributed by atoms with Crippen molar-refractivity contribution in [1.82, 2.24) is 5.32 Å². The van der Waals surface area contributed by atoms with Crippen LogP contribution in [0.3, 0.4) is 0 Å². The van der Waals surface area contributed by atoms with Crippen LogP contribution in [0.2, 0.25) is 10.0 Å². The molecule has 0 fully saturated rings. The number of benzene rings is 1. The highest BCUT2D eigenvalue weighted by Gasteiger charge is 2.13. The third kappa shape index (κ3) is 4.39. The van der Waals surface area contributed by atoms with E-state index in [0.717, 1.165) is 12.8 Å². The van der Waals surface area contributed by atoms with E-state index in [1.54, 1.807) is 0 Å². The second-order valence-electron chi connectivity index (χ2n) is 4.18. The largest absolute Gasteiger partial charge is 0.399 e. The van der Waals surface area contributed by atoms with Gasteiger partial charge in [-0.2, -0.15) is 0 Å². The molecule has 3 N–H and O–H groups in total. The summed E-state index contributed by atoms with van der Waals surface area (Å²) in [4.78, 5) is 11.9. The van der Waals surface area contributed by atoms with Gasteiger partial charge >= 0.3 is 0 Å². The maximum atomic E-state index is 11.9. The van der Waals surface area contributed by atoms with E-state index in [2.05, 4.69) is 12.2 Å². The van der Waals surface area contributed by atoms with Gasteiger partial charge < -0.3 is 11.1 Å². The van der Waals surface area contributed by atoms with Crippen LogP contribution in [0.4, 0.5) is 5.69 Å². The van der Waals surface area contributed by atoms with Gasteiger partial charge in [0, 0.05) is 12.2 Å². The molecule has 0 aliphatic rings. The lowest BCUT2D eigenvalue weighted by molar-refractivity contribution is 0.0953. The summed E-state index contributed by atoms with van der Waals surface area (Å²) in [6, 6.07) is 3.07. The number of nitrogen functional groups attached to an aromatic ring is 1. The molecule has 0 atom stereocenters. The average molecular weight is 289 g/mol. The third-order valence-corrected chi connectivity index (χ3v) is 3.41. The lowest BCUT2D eigenvalue weighted by Crippen LogP contribution is -2.24. The van der Waals surface area contributed by atoms with Crippen LogP contribution in [0.25, 0.3) is 0 Å². The van der Waals surface area contributed by atoms with E-state index in [1.165, 1.54) is 25.0 Å². The molecule has 0 bridgehead atoms. The number of carbonyl (C=O) groups excluding carboxylic acids is 1.